The van der Waals surface area contributed by atoms with Crippen LogP contribution in [-0.4, -0.2) is 44.1 Å². The highest BCUT2D eigenvalue weighted by Crippen LogP contribution is 2.17. The number of hydrogen-bond acceptors (Lipinski definition) is 5. The van der Waals surface area contributed by atoms with Crippen LogP contribution in [0.3, 0.4) is 0 Å². The lowest BCUT2D eigenvalue weighted by Crippen LogP contribution is -2.37. The molecule has 0 bridgehead atoms. The monoisotopic (exact) mass is 334 g/mol. The van der Waals surface area contributed by atoms with Crippen LogP contribution < -0.4 is 15.4 Å². The van der Waals surface area contributed by atoms with Crippen LogP contribution in [0.15, 0.2) is 24.3 Å². The zero-order chi connectivity index (χ0) is 17.4. The molecule has 0 saturated heterocycles. The molecule has 130 valence electrons. The van der Waals surface area contributed by atoms with Gasteiger partial charge in [0.2, 0.25) is 0 Å². The highest BCUT2D eigenvalue weighted by Gasteiger charge is 2.18. The molecule has 2 amide bonds. The summed E-state index contributed by atoms with van der Waals surface area (Å²) in [5.41, 5.74) is 0.326. The SMILES string of the molecule is COc1ccccc1C(=O)NCC(=O)OCC(=O)NC1CCCC1. The second-order valence-corrected chi connectivity index (χ2v) is 5.59. The number of rotatable bonds is 7. The number of para-hydroxylation sites is 1. The van der Waals surface area contributed by atoms with E-state index >= 15 is 0 Å². The quantitative estimate of drug-likeness (QED) is 0.726. The van der Waals surface area contributed by atoms with Gasteiger partial charge in [-0.3, -0.25) is 14.4 Å². The third-order valence-corrected chi connectivity index (χ3v) is 3.83. The van der Waals surface area contributed by atoms with Crippen LogP contribution in [0.5, 0.6) is 5.75 Å². The van der Waals surface area contributed by atoms with E-state index in [-0.39, 0.29) is 25.1 Å². The molecule has 2 N–H and O–H groups in total. The minimum atomic E-state index is -0.667. The van der Waals surface area contributed by atoms with Gasteiger partial charge in [0.15, 0.2) is 6.61 Å². The number of carbonyl (C=O) groups is 3. The molecule has 0 aromatic heterocycles. The normalized spacial score (nSPS) is 14.0. The molecule has 1 fully saturated rings. The Kier molecular flexibility index (Phi) is 6.60. The molecule has 1 saturated carbocycles. The van der Waals surface area contributed by atoms with Crippen LogP contribution in [0.2, 0.25) is 0 Å². The van der Waals surface area contributed by atoms with Crippen LogP contribution in [0.25, 0.3) is 0 Å². The summed E-state index contributed by atoms with van der Waals surface area (Å²) in [5.74, 6) is -1.01. The Balaban J connectivity index is 1.70. The molecule has 2 rings (SSSR count). The summed E-state index contributed by atoms with van der Waals surface area (Å²) in [7, 11) is 1.46. The second kappa shape index (κ2) is 8.90. The van der Waals surface area contributed by atoms with Gasteiger partial charge in [-0.25, -0.2) is 0 Å². The average molecular weight is 334 g/mol. The van der Waals surface area contributed by atoms with Gasteiger partial charge in [-0.1, -0.05) is 25.0 Å². The summed E-state index contributed by atoms with van der Waals surface area (Å²) in [6.45, 7) is -0.645. The third kappa shape index (κ3) is 5.26. The van der Waals surface area contributed by atoms with Crippen LogP contribution in [0, 0.1) is 0 Å². The molecule has 1 aliphatic rings. The first-order valence-corrected chi connectivity index (χ1v) is 7.96. The fraction of sp³-hybridized carbons (Fsp3) is 0.471. The largest absolute Gasteiger partial charge is 0.496 e. The average Bonchev–Trinajstić information content (AvgIpc) is 3.10. The van der Waals surface area contributed by atoms with Gasteiger partial charge >= 0.3 is 5.97 Å². The van der Waals surface area contributed by atoms with Crippen LogP contribution in [-0.2, 0) is 14.3 Å². The lowest BCUT2D eigenvalue weighted by Gasteiger charge is -2.12. The maximum atomic E-state index is 12.0. The van der Waals surface area contributed by atoms with Crippen molar-refractivity contribution in [1.82, 2.24) is 10.6 Å². The standard InChI is InChI=1S/C17H22N2O5/c1-23-14-9-5-4-8-13(14)17(22)18-10-16(21)24-11-15(20)19-12-6-2-3-7-12/h4-5,8-9,12H,2-3,6-7,10-11H2,1H3,(H,18,22)(H,19,20). The Morgan fingerprint density at radius 1 is 1.17 bits per heavy atom. The number of amides is 2. The Hall–Kier alpha value is -2.57. The number of esters is 1. The molecule has 0 radical (unpaired) electrons. The maximum absolute atomic E-state index is 12.0. The van der Waals surface area contributed by atoms with Crippen molar-refractivity contribution in [3.05, 3.63) is 29.8 Å². The minimum absolute atomic E-state index is 0.182. The van der Waals surface area contributed by atoms with Crippen molar-refractivity contribution in [1.29, 1.82) is 0 Å². The van der Waals surface area contributed by atoms with E-state index in [4.69, 9.17) is 9.47 Å². The van der Waals surface area contributed by atoms with Crippen LogP contribution >= 0.6 is 0 Å². The van der Waals surface area contributed by atoms with Gasteiger partial charge in [-0.15, -0.1) is 0 Å². The molecular formula is C17H22N2O5. The lowest BCUT2D eigenvalue weighted by atomic mass is 10.2. The molecule has 0 atom stereocenters. The Bertz CT molecular complexity index is 596. The number of nitrogens with one attached hydrogen (secondary N) is 2. The van der Waals surface area contributed by atoms with Crippen molar-refractivity contribution in [2.45, 2.75) is 31.7 Å². The molecule has 7 heteroatoms. The Morgan fingerprint density at radius 2 is 1.88 bits per heavy atom. The van der Waals surface area contributed by atoms with Gasteiger partial charge in [-0.05, 0) is 25.0 Å². The molecule has 1 aromatic rings. The van der Waals surface area contributed by atoms with E-state index < -0.39 is 11.9 Å². The van der Waals surface area contributed by atoms with E-state index in [1.54, 1.807) is 24.3 Å². The predicted octanol–water partition coefficient (Wildman–Crippen LogP) is 1.03. The summed E-state index contributed by atoms with van der Waals surface area (Å²) in [6.07, 6.45) is 4.16. The van der Waals surface area contributed by atoms with Crippen molar-refractivity contribution < 1.29 is 23.9 Å². The highest BCUT2D eigenvalue weighted by atomic mass is 16.5. The van der Waals surface area contributed by atoms with Crippen molar-refractivity contribution >= 4 is 17.8 Å². The zero-order valence-corrected chi connectivity index (χ0v) is 13.7. The van der Waals surface area contributed by atoms with E-state index in [1.165, 1.54) is 7.11 Å². The highest BCUT2D eigenvalue weighted by molar-refractivity contribution is 5.98. The maximum Gasteiger partial charge on any atom is 0.325 e. The van der Waals surface area contributed by atoms with Crippen molar-refractivity contribution in [3.63, 3.8) is 0 Å². The number of carbonyl (C=O) groups excluding carboxylic acids is 3. The Morgan fingerprint density at radius 3 is 2.58 bits per heavy atom. The number of ether oxygens (including phenoxy) is 2. The molecule has 0 spiro atoms. The van der Waals surface area contributed by atoms with Crippen molar-refractivity contribution in [2.24, 2.45) is 0 Å². The molecular weight excluding hydrogens is 312 g/mol. The summed E-state index contributed by atoms with van der Waals surface area (Å²) in [5, 5.41) is 5.27. The topological polar surface area (TPSA) is 93.7 Å². The summed E-state index contributed by atoms with van der Waals surface area (Å²) < 4.78 is 9.95. The fourth-order valence-corrected chi connectivity index (χ4v) is 2.62. The molecule has 0 unspecified atom stereocenters. The first kappa shape index (κ1) is 17.8. The van der Waals surface area contributed by atoms with E-state index in [0.29, 0.717) is 11.3 Å². The minimum Gasteiger partial charge on any atom is -0.496 e. The van der Waals surface area contributed by atoms with Gasteiger partial charge in [-0.2, -0.15) is 0 Å². The van der Waals surface area contributed by atoms with Gasteiger partial charge in [0.1, 0.15) is 12.3 Å². The van der Waals surface area contributed by atoms with Crippen LogP contribution in [0.1, 0.15) is 36.0 Å². The smallest absolute Gasteiger partial charge is 0.325 e. The van der Waals surface area contributed by atoms with Crippen LogP contribution in [0.4, 0.5) is 0 Å². The zero-order valence-electron chi connectivity index (χ0n) is 13.7. The first-order valence-electron chi connectivity index (χ1n) is 7.96. The van der Waals surface area contributed by atoms with Gasteiger partial charge < -0.3 is 20.1 Å². The molecule has 1 aromatic carbocycles. The lowest BCUT2D eigenvalue weighted by molar-refractivity contribution is -0.147. The first-order chi connectivity index (χ1) is 11.6. The van der Waals surface area contributed by atoms with E-state index in [9.17, 15) is 14.4 Å². The molecule has 1 aliphatic carbocycles. The van der Waals surface area contributed by atoms with Gasteiger partial charge in [0.05, 0.1) is 12.7 Å². The number of benzene rings is 1. The van der Waals surface area contributed by atoms with E-state index in [0.717, 1.165) is 25.7 Å². The van der Waals surface area contributed by atoms with Gasteiger partial charge in [0, 0.05) is 6.04 Å². The number of methoxy groups -OCH3 is 1. The molecule has 24 heavy (non-hydrogen) atoms. The van der Waals surface area contributed by atoms with E-state index in [2.05, 4.69) is 10.6 Å². The van der Waals surface area contributed by atoms with Crippen molar-refractivity contribution in [3.8, 4) is 5.75 Å². The summed E-state index contributed by atoms with van der Waals surface area (Å²) in [6, 6.07) is 6.87. The third-order valence-electron chi connectivity index (χ3n) is 3.83. The van der Waals surface area contributed by atoms with Crippen molar-refractivity contribution in [2.75, 3.05) is 20.3 Å². The van der Waals surface area contributed by atoms with Gasteiger partial charge in [0.25, 0.3) is 11.8 Å². The molecule has 0 aliphatic heterocycles. The molecule has 7 nitrogen and oxygen atoms in total. The summed E-state index contributed by atoms with van der Waals surface area (Å²) >= 11 is 0. The van der Waals surface area contributed by atoms with E-state index in [1.807, 2.05) is 0 Å². The number of hydrogen-bond donors (Lipinski definition) is 2. The Labute approximate surface area is 140 Å². The second-order valence-electron chi connectivity index (χ2n) is 5.59. The predicted molar refractivity (Wildman–Crippen MR) is 86.7 cm³/mol. The molecule has 0 heterocycles. The summed E-state index contributed by atoms with van der Waals surface area (Å²) in [4.78, 5) is 35.3. The fourth-order valence-electron chi connectivity index (χ4n) is 2.62.